The fourth-order valence-electron chi connectivity index (χ4n) is 5.47. The van der Waals surface area contributed by atoms with Crippen molar-refractivity contribution in [1.29, 1.82) is 0 Å². The summed E-state index contributed by atoms with van der Waals surface area (Å²) in [4.78, 5) is 2.31. The van der Waals surface area contributed by atoms with E-state index in [2.05, 4.69) is 148 Å². The van der Waals surface area contributed by atoms with Gasteiger partial charge in [-0.15, -0.1) is 0 Å². The van der Waals surface area contributed by atoms with Crippen LogP contribution in [-0.2, 0) is 5.41 Å². The molecule has 3 heteroatoms. The molecule has 0 bridgehead atoms. The topological polar surface area (TPSA) is 3.24 Å². The number of benzene rings is 4. The Bertz CT molecular complexity index is 1330. The molecule has 182 valence electrons. The minimum atomic E-state index is 0.225. The van der Waals surface area contributed by atoms with Gasteiger partial charge < -0.3 is 4.90 Å². The summed E-state index contributed by atoms with van der Waals surface area (Å²) in [6.45, 7) is 8.86. The summed E-state index contributed by atoms with van der Waals surface area (Å²) in [5.74, 6) is 0. The molecule has 0 N–H and O–H groups in total. The average Bonchev–Trinajstić information content (AvgIpc) is 3.34. The van der Waals surface area contributed by atoms with E-state index in [1.807, 2.05) is 0 Å². The van der Waals surface area contributed by atoms with E-state index in [0.29, 0.717) is 0 Å². The van der Waals surface area contributed by atoms with E-state index in [0.717, 1.165) is 31.6 Å². The molecule has 0 aromatic heterocycles. The van der Waals surface area contributed by atoms with E-state index in [9.17, 15) is 0 Å². The van der Waals surface area contributed by atoms with Gasteiger partial charge in [0.15, 0.2) is 0 Å². The van der Waals surface area contributed by atoms with Crippen molar-refractivity contribution >= 4 is 54.5 Å². The summed E-state index contributed by atoms with van der Waals surface area (Å²) in [7, 11) is 0. The Morgan fingerprint density at radius 3 is 1.83 bits per heavy atom. The number of nitrogens with zero attached hydrogens (tertiary/aromatic N) is 1. The number of halogens is 2. The lowest BCUT2D eigenvalue weighted by Crippen LogP contribution is -2.19. The molecule has 1 aliphatic rings. The lowest BCUT2D eigenvalue weighted by Gasteiger charge is -2.29. The van der Waals surface area contributed by atoms with Gasteiger partial charge in [0.2, 0.25) is 0 Å². The Labute approximate surface area is 232 Å². The largest absolute Gasteiger partial charge is 0.310 e. The van der Waals surface area contributed by atoms with E-state index in [1.165, 1.54) is 47.9 Å². The van der Waals surface area contributed by atoms with Crippen molar-refractivity contribution < 1.29 is 0 Å². The molecular weight excluding hydrogens is 570 g/mol. The van der Waals surface area contributed by atoms with Crippen LogP contribution in [0.2, 0.25) is 0 Å². The molecule has 36 heavy (non-hydrogen) atoms. The zero-order valence-corrected chi connectivity index (χ0v) is 24.1. The highest BCUT2D eigenvalue weighted by molar-refractivity contribution is 9.10. The lowest BCUT2D eigenvalue weighted by molar-refractivity contribution is 0.490. The Hall–Kier alpha value is -2.62. The van der Waals surface area contributed by atoms with E-state index in [4.69, 9.17) is 0 Å². The third kappa shape index (κ3) is 5.10. The smallest absolute Gasteiger partial charge is 0.0467 e. The van der Waals surface area contributed by atoms with Crippen LogP contribution in [0.25, 0.3) is 16.7 Å². The number of hydrogen-bond acceptors (Lipinski definition) is 1. The predicted octanol–water partition coefficient (Wildman–Crippen LogP) is 11.2. The Morgan fingerprint density at radius 2 is 1.28 bits per heavy atom. The van der Waals surface area contributed by atoms with Crippen LogP contribution >= 0.6 is 31.9 Å². The zero-order chi connectivity index (χ0) is 25.3. The maximum Gasteiger partial charge on any atom is 0.0467 e. The van der Waals surface area contributed by atoms with Crippen LogP contribution in [0.1, 0.15) is 50.7 Å². The molecular formula is C33H31Br2N. The van der Waals surface area contributed by atoms with Crippen LogP contribution in [0, 0.1) is 0 Å². The van der Waals surface area contributed by atoms with Crippen molar-refractivity contribution in [2.24, 2.45) is 0 Å². The summed E-state index contributed by atoms with van der Waals surface area (Å²) in [5, 5.41) is 0. The summed E-state index contributed by atoms with van der Waals surface area (Å²) in [5.41, 5.74) is 10.00. The molecule has 4 aromatic rings. The van der Waals surface area contributed by atoms with Crippen LogP contribution in [0.15, 0.2) is 107 Å². The number of rotatable bonds is 6. The predicted molar refractivity (Wildman–Crippen MR) is 162 cm³/mol. The quantitative estimate of drug-likeness (QED) is 0.213. The standard InChI is InChI=1S/C33H31Br2N/c1-23(2)31-18-9-25(22-32(31)33(3)19-4-5-20-33)24-7-6-8-30(21-24)36(28-14-10-26(34)11-15-28)29-16-12-27(35)13-17-29/h6-18,21-22H,1,4-5,19-20H2,2-3H3. The van der Waals surface area contributed by atoms with Crippen molar-refractivity contribution in [2.75, 3.05) is 4.90 Å². The minimum Gasteiger partial charge on any atom is -0.310 e. The van der Waals surface area contributed by atoms with Crippen LogP contribution in [0.3, 0.4) is 0 Å². The molecule has 4 aromatic carbocycles. The zero-order valence-electron chi connectivity index (χ0n) is 20.9. The second-order valence-corrected chi connectivity index (χ2v) is 12.0. The highest BCUT2D eigenvalue weighted by atomic mass is 79.9. The second-order valence-electron chi connectivity index (χ2n) is 10.1. The summed E-state index contributed by atoms with van der Waals surface area (Å²) >= 11 is 7.17. The lowest BCUT2D eigenvalue weighted by atomic mass is 9.76. The maximum absolute atomic E-state index is 4.29. The monoisotopic (exact) mass is 599 g/mol. The first kappa shape index (κ1) is 25.0. The average molecular weight is 601 g/mol. The first-order valence-corrected chi connectivity index (χ1v) is 14.1. The van der Waals surface area contributed by atoms with Gasteiger partial charge in [-0.3, -0.25) is 0 Å². The van der Waals surface area contributed by atoms with Crippen molar-refractivity contribution in [1.82, 2.24) is 0 Å². The normalized spacial score (nSPS) is 14.6. The highest BCUT2D eigenvalue weighted by Gasteiger charge is 2.32. The van der Waals surface area contributed by atoms with Crippen LogP contribution in [0.4, 0.5) is 17.1 Å². The molecule has 0 unspecified atom stereocenters. The molecule has 0 spiro atoms. The molecule has 1 aliphatic carbocycles. The van der Waals surface area contributed by atoms with E-state index < -0.39 is 0 Å². The van der Waals surface area contributed by atoms with E-state index >= 15 is 0 Å². The Kier molecular flexibility index (Phi) is 7.23. The number of anilines is 3. The Balaban J connectivity index is 1.61. The summed E-state index contributed by atoms with van der Waals surface area (Å²) in [6, 6.07) is 32.8. The number of allylic oxidation sites excluding steroid dienone is 1. The SMILES string of the molecule is C=C(C)c1ccc(-c2cccc(N(c3ccc(Br)cc3)c3ccc(Br)cc3)c2)cc1C1(C)CCCC1. The molecule has 1 fully saturated rings. The van der Waals surface area contributed by atoms with Gasteiger partial charge in [0.05, 0.1) is 0 Å². The fraction of sp³-hybridized carbons (Fsp3) is 0.212. The van der Waals surface area contributed by atoms with Gasteiger partial charge in [-0.25, -0.2) is 0 Å². The van der Waals surface area contributed by atoms with Crippen LogP contribution in [-0.4, -0.2) is 0 Å². The van der Waals surface area contributed by atoms with Gasteiger partial charge in [0.25, 0.3) is 0 Å². The fourth-order valence-corrected chi connectivity index (χ4v) is 6.00. The van der Waals surface area contributed by atoms with E-state index in [-0.39, 0.29) is 5.41 Å². The molecule has 0 atom stereocenters. The molecule has 0 amide bonds. The van der Waals surface area contributed by atoms with Crippen molar-refractivity contribution in [3.63, 3.8) is 0 Å². The van der Waals surface area contributed by atoms with Gasteiger partial charge in [-0.1, -0.05) is 88.0 Å². The molecule has 1 nitrogen and oxygen atoms in total. The second kappa shape index (κ2) is 10.4. The van der Waals surface area contributed by atoms with Gasteiger partial charge in [0, 0.05) is 26.0 Å². The Morgan fingerprint density at radius 1 is 0.722 bits per heavy atom. The molecule has 0 radical (unpaired) electrons. The van der Waals surface area contributed by atoms with Crippen LogP contribution in [0.5, 0.6) is 0 Å². The molecule has 0 saturated heterocycles. The molecule has 5 rings (SSSR count). The van der Waals surface area contributed by atoms with Gasteiger partial charge in [-0.05, 0) is 114 Å². The molecule has 0 heterocycles. The van der Waals surface area contributed by atoms with Crippen molar-refractivity contribution in [2.45, 2.75) is 44.9 Å². The summed E-state index contributed by atoms with van der Waals surface area (Å²) < 4.78 is 2.14. The minimum absolute atomic E-state index is 0.225. The first-order valence-electron chi connectivity index (χ1n) is 12.6. The van der Waals surface area contributed by atoms with Crippen molar-refractivity contribution in [3.05, 3.63) is 118 Å². The third-order valence-electron chi connectivity index (χ3n) is 7.44. The first-order chi connectivity index (χ1) is 17.3. The van der Waals surface area contributed by atoms with Crippen LogP contribution < -0.4 is 4.90 Å². The van der Waals surface area contributed by atoms with Crippen molar-refractivity contribution in [3.8, 4) is 11.1 Å². The highest BCUT2D eigenvalue weighted by Crippen LogP contribution is 2.45. The van der Waals surface area contributed by atoms with Gasteiger partial charge in [-0.2, -0.15) is 0 Å². The third-order valence-corrected chi connectivity index (χ3v) is 8.50. The van der Waals surface area contributed by atoms with Gasteiger partial charge in [0.1, 0.15) is 0 Å². The van der Waals surface area contributed by atoms with E-state index in [1.54, 1.807) is 0 Å². The molecule has 1 saturated carbocycles. The maximum atomic E-state index is 4.29. The summed E-state index contributed by atoms with van der Waals surface area (Å²) in [6.07, 6.45) is 5.11. The van der Waals surface area contributed by atoms with Gasteiger partial charge >= 0.3 is 0 Å². The molecule has 0 aliphatic heterocycles. The number of hydrogen-bond donors (Lipinski definition) is 0.